The minimum Gasteiger partial charge on any atom is -0.381 e. The van der Waals surface area contributed by atoms with Gasteiger partial charge in [-0.2, -0.15) is 0 Å². The molecule has 0 aliphatic carbocycles. The van der Waals surface area contributed by atoms with Crippen LogP contribution in [0.15, 0.2) is 33.7 Å². The van der Waals surface area contributed by atoms with Gasteiger partial charge in [0.15, 0.2) is 5.96 Å². The van der Waals surface area contributed by atoms with Gasteiger partial charge in [0.25, 0.3) is 0 Å². The lowest BCUT2D eigenvalue weighted by atomic mass is 9.74. The van der Waals surface area contributed by atoms with Gasteiger partial charge in [0.1, 0.15) is 0 Å². The maximum atomic E-state index is 5.62. The molecule has 0 bridgehead atoms. The Labute approximate surface area is 154 Å². The van der Waals surface area contributed by atoms with Crippen LogP contribution in [0.1, 0.15) is 45.6 Å². The van der Waals surface area contributed by atoms with E-state index in [4.69, 9.17) is 9.73 Å². The van der Waals surface area contributed by atoms with Crippen LogP contribution in [0.3, 0.4) is 0 Å². The van der Waals surface area contributed by atoms with Crippen LogP contribution < -0.4 is 10.6 Å². The maximum Gasteiger partial charge on any atom is 0.191 e. The molecule has 1 saturated heterocycles. The second-order valence-corrected chi connectivity index (χ2v) is 7.46. The average Bonchev–Trinajstić information content (AvgIpc) is 2.61. The summed E-state index contributed by atoms with van der Waals surface area (Å²) in [5.41, 5.74) is 1.42. The molecule has 0 radical (unpaired) electrons. The minimum absolute atomic E-state index is 0.0662. The number of rotatable bonds is 6. The number of nitrogens with one attached hydrogen (secondary N) is 2. The standard InChI is InChI=1S/C19H30BrN3O/c1-4-15(3)23-18(21-5-2)22-14-19(10-12-24-13-11-19)16-6-8-17(20)9-7-16/h6-9,15H,4-5,10-14H2,1-3H3,(H2,21,22,23). The number of benzene rings is 1. The Balaban J connectivity index is 2.20. The number of aliphatic imine (C=N–C) groups is 1. The number of ether oxygens (including phenoxy) is 1. The lowest BCUT2D eigenvalue weighted by molar-refractivity contribution is 0.0531. The molecule has 1 aromatic carbocycles. The molecule has 0 aromatic heterocycles. The molecule has 1 atom stereocenters. The third-order valence-electron chi connectivity index (χ3n) is 4.79. The monoisotopic (exact) mass is 395 g/mol. The Morgan fingerprint density at radius 2 is 1.92 bits per heavy atom. The highest BCUT2D eigenvalue weighted by Gasteiger charge is 2.34. The van der Waals surface area contributed by atoms with Gasteiger partial charge in [0.2, 0.25) is 0 Å². The predicted molar refractivity (Wildman–Crippen MR) is 105 cm³/mol. The van der Waals surface area contributed by atoms with Gasteiger partial charge < -0.3 is 15.4 Å². The van der Waals surface area contributed by atoms with E-state index in [0.717, 1.165) is 56.0 Å². The van der Waals surface area contributed by atoms with Crippen LogP contribution in [-0.2, 0) is 10.2 Å². The minimum atomic E-state index is 0.0662. The van der Waals surface area contributed by atoms with Gasteiger partial charge in [-0.3, -0.25) is 4.99 Å². The molecule has 1 fully saturated rings. The topological polar surface area (TPSA) is 45.7 Å². The van der Waals surface area contributed by atoms with Crippen molar-refractivity contribution in [3.8, 4) is 0 Å². The summed E-state index contributed by atoms with van der Waals surface area (Å²) in [5, 5.41) is 6.85. The molecule has 1 heterocycles. The molecule has 0 amide bonds. The van der Waals surface area contributed by atoms with Crippen molar-refractivity contribution in [2.24, 2.45) is 4.99 Å². The zero-order valence-electron chi connectivity index (χ0n) is 15.1. The van der Waals surface area contributed by atoms with E-state index >= 15 is 0 Å². The van der Waals surface area contributed by atoms with Gasteiger partial charge in [0, 0.05) is 35.7 Å². The quantitative estimate of drug-likeness (QED) is 0.567. The lowest BCUT2D eigenvalue weighted by Crippen LogP contribution is -2.44. The number of hydrogen-bond acceptors (Lipinski definition) is 2. The molecular formula is C19H30BrN3O. The van der Waals surface area contributed by atoms with Crippen molar-refractivity contribution in [1.29, 1.82) is 0 Å². The zero-order valence-corrected chi connectivity index (χ0v) is 16.7. The first-order valence-electron chi connectivity index (χ1n) is 8.98. The van der Waals surface area contributed by atoms with Crippen molar-refractivity contribution < 1.29 is 4.74 Å². The summed E-state index contributed by atoms with van der Waals surface area (Å²) in [7, 11) is 0. The fourth-order valence-corrected chi connectivity index (χ4v) is 3.25. The second-order valence-electron chi connectivity index (χ2n) is 6.55. The van der Waals surface area contributed by atoms with Gasteiger partial charge in [-0.05, 0) is 50.8 Å². The number of guanidine groups is 1. The van der Waals surface area contributed by atoms with Crippen LogP contribution in [-0.4, -0.2) is 38.3 Å². The fourth-order valence-electron chi connectivity index (χ4n) is 2.99. The van der Waals surface area contributed by atoms with Crippen molar-refractivity contribution in [3.63, 3.8) is 0 Å². The van der Waals surface area contributed by atoms with Crippen LogP contribution in [0.5, 0.6) is 0 Å². The van der Waals surface area contributed by atoms with Gasteiger partial charge in [-0.1, -0.05) is 35.0 Å². The van der Waals surface area contributed by atoms with E-state index in [-0.39, 0.29) is 5.41 Å². The third-order valence-corrected chi connectivity index (χ3v) is 5.31. The van der Waals surface area contributed by atoms with Gasteiger partial charge in [0.05, 0.1) is 6.54 Å². The lowest BCUT2D eigenvalue weighted by Gasteiger charge is -2.37. The molecule has 1 aliphatic rings. The molecule has 0 saturated carbocycles. The van der Waals surface area contributed by atoms with E-state index < -0.39 is 0 Å². The zero-order chi connectivity index (χ0) is 17.4. The molecule has 1 aliphatic heterocycles. The first-order valence-corrected chi connectivity index (χ1v) is 9.77. The molecule has 2 N–H and O–H groups in total. The normalized spacial score (nSPS) is 18.9. The summed E-state index contributed by atoms with van der Waals surface area (Å²) in [5.74, 6) is 0.912. The van der Waals surface area contributed by atoms with Crippen molar-refractivity contribution in [2.45, 2.75) is 51.5 Å². The van der Waals surface area contributed by atoms with E-state index in [1.807, 2.05) is 0 Å². The van der Waals surface area contributed by atoms with Gasteiger partial charge in [-0.15, -0.1) is 0 Å². The van der Waals surface area contributed by atoms with Crippen LogP contribution in [0.4, 0.5) is 0 Å². The molecule has 5 heteroatoms. The Kier molecular flexibility index (Phi) is 7.56. The molecule has 4 nitrogen and oxygen atoms in total. The Hall–Kier alpha value is -1.07. The number of hydrogen-bond donors (Lipinski definition) is 2. The first-order chi connectivity index (χ1) is 11.6. The summed E-state index contributed by atoms with van der Waals surface area (Å²) in [4.78, 5) is 4.92. The average molecular weight is 396 g/mol. The van der Waals surface area contributed by atoms with E-state index in [2.05, 4.69) is 71.6 Å². The predicted octanol–water partition coefficient (Wildman–Crippen LogP) is 3.85. The van der Waals surface area contributed by atoms with E-state index in [1.165, 1.54) is 5.56 Å². The van der Waals surface area contributed by atoms with Crippen LogP contribution in [0.2, 0.25) is 0 Å². The highest BCUT2D eigenvalue weighted by molar-refractivity contribution is 9.10. The maximum absolute atomic E-state index is 5.62. The summed E-state index contributed by atoms with van der Waals surface area (Å²) in [6.45, 7) is 9.74. The number of halogens is 1. The molecule has 0 spiro atoms. The van der Waals surface area contributed by atoms with Crippen molar-refractivity contribution in [2.75, 3.05) is 26.3 Å². The summed E-state index contributed by atoms with van der Waals surface area (Å²) >= 11 is 3.53. The Morgan fingerprint density at radius 3 is 2.50 bits per heavy atom. The Morgan fingerprint density at radius 1 is 1.25 bits per heavy atom. The van der Waals surface area contributed by atoms with Gasteiger partial charge in [-0.25, -0.2) is 0 Å². The molecule has 1 unspecified atom stereocenters. The van der Waals surface area contributed by atoms with E-state index in [1.54, 1.807) is 0 Å². The van der Waals surface area contributed by atoms with Gasteiger partial charge >= 0.3 is 0 Å². The van der Waals surface area contributed by atoms with E-state index in [0.29, 0.717) is 6.04 Å². The molecule has 24 heavy (non-hydrogen) atoms. The highest BCUT2D eigenvalue weighted by atomic mass is 79.9. The smallest absolute Gasteiger partial charge is 0.191 e. The molecular weight excluding hydrogens is 366 g/mol. The molecule has 1 aromatic rings. The van der Waals surface area contributed by atoms with Crippen molar-refractivity contribution in [1.82, 2.24) is 10.6 Å². The second kappa shape index (κ2) is 9.42. The summed E-state index contributed by atoms with van der Waals surface area (Å²) in [6, 6.07) is 9.11. The summed E-state index contributed by atoms with van der Waals surface area (Å²) in [6.07, 6.45) is 3.11. The summed E-state index contributed by atoms with van der Waals surface area (Å²) < 4.78 is 6.73. The van der Waals surface area contributed by atoms with Crippen LogP contribution in [0.25, 0.3) is 0 Å². The van der Waals surface area contributed by atoms with Crippen LogP contribution >= 0.6 is 15.9 Å². The third kappa shape index (κ3) is 5.21. The van der Waals surface area contributed by atoms with E-state index in [9.17, 15) is 0 Å². The Bertz CT molecular complexity index is 524. The van der Waals surface area contributed by atoms with Crippen LogP contribution in [0, 0.1) is 0 Å². The first kappa shape index (κ1) is 19.3. The molecule has 2 rings (SSSR count). The largest absolute Gasteiger partial charge is 0.381 e. The van der Waals surface area contributed by atoms with Crippen molar-refractivity contribution >= 4 is 21.9 Å². The number of nitrogens with zero attached hydrogens (tertiary/aromatic N) is 1. The molecule has 134 valence electrons. The van der Waals surface area contributed by atoms with Crippen molar-refractivity contribution in [3.05, 3.63) is 34.3 Å². The fraction of sp³-hybridized carbons (Fsp3) is 0.632. The highest BCUT2D eigenvalue weighted by Crippen LogP contribution is 2.35. The SMILES string of the molecule is CCNC(=NCC1(c2ccc(Br)cc2)CCOCC1)NC(C)CC.